The van der Waals surface area contributed by atoms with Crippen LogP contribution in [0, 0.1) is 17.2 Å². The van der Waals surface area contributed by atoms with Crippen molar-refractivity contribution in [3.63, 3.8) is 0 Å². The van der Waals surface area contributed by atoms with Crippen LogP contribution < -0.4 is 5.32 Å². The number of thiophene rings is 1. The maximum atomic E-state index is 12.2. The highest BCUT2D eigenvalue weighted by molar-refractivity contribution is 7.16. The minimum absolute atomic E-state index is 0.376. The third kappa shape index (κ3) is 4.94. The van der Waals surface area contributed by atoms with Gasteiger partial charge in [0, 0.05) is 18.0 Å². The fourth-order valence-electron chi connectivity index (χ4n) is 1.18. The molecule has 94 valence electrons. The first-order valence-corrected chi connectivity index (χ1v) is 6.04. The van der Waals surface area contributed by atoms with Gasteiger partial charge >= 0.3 is 6.18 Å². The number of hydrogen-bond acceptors (Lipinski definition) is 3. The van der Waals surface area contributed by atoms with E-state index in [1.165, 1.54) is 17.4 Å². The van der Waals surface area contributed by atoms with Crippen LogP contribution >= 0.6 is 22.9 Å². The average molecular weight is 283 g/mol. The first-order chi connectivity index (χ1) is 7.93. The van der Waals surface area contributed by atoms with Crippen molar-refractivity contribution in [3.05, 3.63) is 21.3 Å². The van der Waals surface area contributed by atoms with E-state index in [0.29, 0.717) is 17.3 Å². The van der Waals surface area contributed by atoms with Gasteiger partial charge in [-0.1, -0.05) is 11.6 Å². The molecule has 0 saturated heterocycles. The second-order valence-electron chi connectivity index (χ2n) is 3.38. The molecule has 7 heteroatoms. The van der Waals surface area contributed by atoms with E-state index in [0.717, 1.165) is 4.88 Å². The molecule has 17 heavy (non-hydrogen) atoms. The zero-order valence-electron chi connectivity index (χ0n) is 8.72. The molecule has 1 aromatic rings. The van der Waals surface area contributed by atoms with Crippen molar-refractivity contribution in [1.29, 1.82) is 5.26 Å². The Morgan fingerprint density at radius 1 is 1.47 bits per heavy atom. The molecule has 0 aliphatic carbocycles. The van der Waals surface area contributed by atoms with Gasteiger partial charge in [0.25, 0.3) is 0 Å². The highest BCUT2D eigenvalue weighted by Gasteiger charge is 2.39. The summed E-state index contributed by atoms with van der Waals surface area (Å²) < 4.78 is 37.2. The molecular formula is C10H10ClF3N2S. The summed E-state index contributed by atoms with van der Waals surface area (Å²) >= 11 is 7.11. The Balaban J connectivity index is 2.26. The average Bonchev–Trinajstić information content (AvgIpc) is 2.62. The summed E-state index contributed by atoms with van der Waals surface area (Å²) in [4.78, 5) is 1.00. The van der Waals surface area contributed by atoms with Gasteiger partial charge in [-0.05, 0) is 18.6 Å². The van der Waals surface area contributed by atoms with Crippen molar-refractivity contribution >= 4 is 22.9 Å². The van der Waals surface area contributed by atoms with Crippen LogP contribution in [-0.4, -0.2) is 19.3 Å². The lowest BCUT2D eigenvalue weighted by Crippen LogP contribution is -2.33. The lowest BCUT2D eigenvalue weighted by Gasteiger charge is -2.13. The van der Waals surface area contributed by atoms with Crippen molar-refractivity contribution in [3.8, 4) is 6.07 Å². The minimum Gasteiger partial charge on any atom is -0.315 e. The number of nitriles is 1. The molecule has 0 radical (unpaired) electrons. The number of rotatable bonds is 5. The SMILES string of the molecule is N#CC(CNCCc1ccc(Cl)s1)C(F)(F)F. The first kappa shape index (κ1) is 14.3. The van der Waals surface area contributed by atoms with Crippen LogP contribution in [0.4, 0.5) is 13.2 Å². The van der Waals surface area contributed by atoms with E-state index in [-0.39, 0.29) is 6.54 Å². The third-order valence-corrected chi connectivity index (χ3v) is 3.37. The van der Waals surface area contributed by atoms with Gasteiger partial charge in [-0.15, -0.1) is 11.3 Å². The molecule has 0 aliphatic heterocycles. The van der Waals surface area contributed by atoms with Gasteiger partial charge in [0.1, 0.15) is 0 Å². The second-order valence-corrected chi connectivity index (χ2v) is 5.18. The molecular weight excluding hydrogens is 273 g/mol. The molecule has 0 amide bonds. The van der Waals surface area contributed by atoms with E-state index in [9.17, 15) is 13.2 Å². The molecule has 1 rings (SSSR count). The maximum absolute atomic E-state index is 12.2. The Morgan fingerprint density at radius 3 is 2.65 bits per heavy atom. The second kappa shape index (κ2) is 6.24. The first-order valence-electron chi connectivity index (χ1n) is 4.84. The van der Waals surface area contributed by atoms with Crippen molar-refractivity contribution in [2.24, 2.45) is 5.92 Å². The van der Waals surface area contributed by atoms with E-state index in [1.54, 1.807) is 6.07 Å². The van der Waals surface area contributed by atoms with E-state index in [1.807, 2.05) is 6.07 Å². The molecule has 1 heterocycles. The van der Waals surface area contributed by atoms with Crippen LogP contribution in [0.25, 0.3) is 0 Å². The van der Waals surface area contributed by atoms with Gasteiger partial charge in [-0.3, -0.25) is 0 Å². The quantitative estimate of drug-likeness (QED) is 0.842. The van der Waals surface area contributed by atoms with Crippen LogP contribution in [0.3, 0.4) is 0 Å². The molecule has 1 N–H and O–H groups in total. The topological polar surface area (TPSA) is 35.8 Å². The summed E-state index contributed by atoms with van der Waals surface area (Å²) in [6.07, 6.45) is -3.86. The van der Waals surface area contributed by atoms with E-state index in [4.69, 9.17) is 16.9 Å². The number of alkyl halides is 3. The molecule has 1 atom stereocenters. The lowest BCUT2D eigenvalue weighted by atomic mass is 10.1. The van der Waals surface area contributed by atoms with E-state index >= 15 is 0 Å². The highest BCUT2D eigenvalue weighted by Crippen LogP contribution is 2.25. The summed E-state index contributed by atoms with van der Waals surface area (Å²) in [5.74, 6) is -1.95. The fraction of sp³-hybridized carbons (Fsp3) is 0.500. The van der Waals surface area contributed by atoms with Crippen molar-refractivity contribution < 1.29 is 13.2 Å². The summed E-state index contributed by atoms with van der Waals surface area (Å²) in [5, 5.41) is 11.0. The fourth-order valence-corrected chi connectivity index (χ4v) is 2.27. The zero-order valence-corrected chi connectivity index (χ0v) is 10.3. The summed E-state index contributed by atoms with van der Waals surface area (Å²) in [5.41, 5.74) is 0. The number of nitrogens with one attached hydrogen (secondary N) is 1. The van der Waals surface area contributed by atoms with Crippen LogP contribution in [-0.2, 0) is 6.42 Å². The Morgan fingerprint density at radius 2 is 2.18 bits per heavy atom. The van der Waals surface area contributed by atoms with Gasteiger partial charge in [-0.25, -0.2) is 0 Å². The van der Waals surface area contributed by atoms with Crippen molar-refractivity contribution in [2.45, 2.75) is 12.6 Å². The smallest absolute Gasteiger partial charge is 0.315 e. The van der Waals surface area contributed by atoms with Crippen molar-refractivity contribution in [2.75, 3.05) is 13.1 Å². The van der Waals surface area contributed by atoms with Crippen LogP contribution in [0.15, 0.2) is 12.1 Å². The lowest BCUT2D eigenvalue weighted by molar-refractivity contribution is -0.157. The van der Waals surface area contributed by atoms with Gasteiger partial charge < -0.3 is 5.32 Å². The van der Waals surface area contributed by atoms with Crippen LogP contribution in [0.2, 0.25) is 4.34 Å². The minimum atomic E-state index is -4.46. The summed E-state index contributed by atoms with van der Waals surface area (Å²) in [6, 6.07) is 4.82. The Bertz CT molecular complexity index is 397. The third-order valence-electron chi connectivity index (χ3n) is 2.08. The molecule has 1 unspecified atom stereocenters. The highest BCUT2D eigenvalue weighted by atomic mass is 35.5. The standard InChI is InChI=1S/C10H10ClF3N2S/c11-9-2-1-8(17-9)3-4-16-6-7(5-15)10(12,13)14/h1-2,7,16H,3-4,6H2. The number of hydrogen-bond donors (Lipinski definition) is 1. The van der Waals surface area contributed by atoms with E-state index < -0.39 is 12.1 Å². The van der Waals surface area contributed by atoms with E-state index in [2.05, 4.69) is 5.32 Å². The zero-order chi connectivity index (χ0) is 12.9. The Labute approximate surface area is 106 Å². The number of nitrogens with zero attached hydrogens (tertiary/aromatic N) is 1. The summed E-state index contributed by atoms with van der Waals surface area (Å²) in [7, 11) is 0. The van der Waals surface area contributed by atoms with Gasteiger partial charge in [0.15, 0.2) is 5.92 Å². The normalized spacial score (nSPS) is 13.4. The molecule has 0 bridgehead atoms. The molecule has 1 aromatic heterocycles. The molecule has 2 nitrogen and oxygen atoms in total. The van der Waals surface area contributed by atoms with Crippen LogP contribution in [0.5, 0.6) is 0 Å². The maximum Gasteiger partial charge on any atom is 0.405 e. The molecule has 0 fully saturated rings. The molecule has 0 aliphatic rings. The molecule has 0 saturated carbocycles. The number of halogens is 4. The Kier molecular flexibility index (Phi) is 5.25. The van der Waals surface area contributed by atoms with Crippen molar-refractivity contribution in [1.82, 2.24) is 5.32 Å². The predicted molar refractivity (Wildman–Crippen MR) is 61.1 cm³/mol. The van der Waals surface area contributed by atoms with Gasteiger partial charge in [-0.2, -0.15) is 18.4 Å². The van der Waals surface area contributed by atoms with Gasteiger partial charge in [0.05, 0.1) is 10.4 Å². The predicted octanol–water partition coefficient (Wildman–Crippen LogP) is 3.24. The summed E-state index contributed by atoms with van der Waals surface area (Å²) in [6.45, 7) is 0.0181. The molecule has 0 aromatic carbocycles. The Hall–Kier alpha value is -0.770. The molecule has 0 spiro atoms. The monoisotopic (exact) mass is 282 g/mol. The largest absolute Gasteiger partial charge is 0.405 e. The van der Waals surface area contributed by atoms with Crippen LogP contribution in [0.1, 0.15) is 4.88 Å². The van der Waals surface area contributed by atoms with Gasteiger partial charge in [0.2, 0.25) is 0 Å².